The Bertz CT molecular complexity index is 1990. The zero-order valence-corrected chi connectivity index (χ0v) is 22.1. The van der Waals surface area contributed by atoms with E-state index in [4.69, 9.17) is 14.5 Å². The average molecular weight is 529 g/mol. The summed E-state index contributed by atoms with van der Waals surface area (Å²) in [6.07, 6.45) is 0. The highest BCUT2D eigenvalue weighted by atomic mass is 16.6. The molecular formula is C37H24N2O2. The second-order valence-electron chi connectivity index (χ2n) is 10.0. The van der Waals surface area contributed by atoms with E-state index in [2.05, 4.69) is 108 Å². The van der Waals surface area contributed by atoms with Gasteiger partial charge in [0.2, 0.25) is 0 Å². The summed E-state index contributed by atoms with van der Waals surface area (Å²) in [7, 11) is 0. The molecule has 0 radical (unpaired) electrons. The topological polar surface area (TPSA) is 36.3 Å². The predicted molar refractivity (Wildman–Crippen MR) is 164 cm³/mol. The number of ether oxygens (including phenoxy) is 2. The highest BCUT2D eigenvalue weighted by Crippen LogP contribution is 2.47. The summed E-state index contributed by atoms with van der Waals surface area (Å²) in [6.45, 7) is 0. The van der Waals surface area contributed by atoms with Gasteiger partial charge >= 0.3 is 0 Å². The molecule has 194 valence electrons. The standard InChI is InChI=1S/C37H24N2O2/c1-3-12-25(13-4-1)28-16-11-17-29(26-14-5-2-6-15-26)36(28)39-31-19-8-7-18-30(31)38-37(39)27-22-23-34-35(24-27)41-33-21-10-9-20-32(33)40-34/h1-24H. The number of imidazole rings is 1. The van der Waals surface area contributed by atoms with Crippen LogP contribution < -0.4 is 9.47 Å². The maximum Gasteiger partial charge on any atom is 0.170 e. The van der Waals surface area contributed by atoms with Crippen molar-refractivity contribution in [3.8, 4) is 62.3 Å². The summed E-state index contributed by atoms with van der Waals surface area (Å²) in [5, 5.41) is 0. The molecule has 1 aliphatic rings. The first kappa shape index (κ1) is 23.3. The van der Waals surface area contributed by atoms with E-state index in [9.17, 15) is 0 Å². The molecule has 0 N–H and O–H groups in total. The summed E-state index contributed by atoms with van der Waals surface area (Å²) in [4.78, 5) is 5.19. The van der Waals surface area contributed by atoms with E-state index in [1.807, 2.05) is 42.5 Å². The van der Waals surface area contributed by atoms with Crippen LogP contribution in [0.25, 0.3) is 50.4 Å². The van der Waals surface area contributed by atoms with Crippen LogP contribution in [0.5, 0.6) is 23.0 Å². The number of aromatic nitrogens is 2. The Hall–Kier alpha value is -5.61. The summed E-state index contributed by atoms with van der Waals surface area (Å²) in [6, 6.07) is 49.7. The minimum absolute atomic E-state index is 0.666. The third-order valence-electron chi connectivity index (χ3n) is 7.48. The molecule has 0 atom stereocenters. The van der Waals surface area contributed by atoms with Crippen LogP contribution in [-0.4, -0.2) is 9.55 Å². The lowest BCUT2D eigenvalue weighted by molar-refractivity contribution is 0.360. The van der Waals surface area contributed by atoms with Gasteiger partial charge in [-0.05, 0) is 53.6 Å². The fraction of sp³-hybridized carbons (Fsp3) is 0. The third-order valence-corrected chi connectivity index (χ3v) is 7.48. The number of benzene rings is 6. The van der Waals surface area contributed by atoms with Crippen LogP contribution in [0.2, 0.25) is 0 Å². The van der Waals surface area contributed by atoms with Crippen LogP contribution in [0.15, 0.2) is 146 Å². The van der Waals surface area contributed by atoms with Gasteiger partial charge < -0.3 is 9.47 Å². The zero-order chi connectivity index (χ0) is 27.2. The second kappa shape index (κ2) is 9.54. The maximum absolute atomic E-state index is 6.28. The molecule has 41 heavy (non-hydrogen) atoms. The quantitative estimate of drug-likeness (QED) is 0.228. The number of hydrogen-bond acceptors (Lipinski definition) is 3. The molecular weight excluding hydrogens is 504 g/mol. The fourth-order valence-corrected chi connectivity index (χ4v) is 5.60. The molecule has 7 aromatic rings. The van der Waals surface area contributed by atoms with E-state index in [-0.39, 0.29) is 0 Å². The maximum atomic E-state index is 6.28. The van der Waals surface area contributed by atoms with Crippen LogP contribution in [0.4, 0.5) is 0 Å². The SMILES string of the molecule is c1ccc(-c2cccc(-c3ccccc3)c2-n2c(-c3ccc4c(c3)Oc3ccccc3O4)nc3ccccc32)cc1. The van der Waals surface area contributed by atoms with Crippen molar-refractivity contribution in [2.75, 3.05) is 0 Å². The van der Waals surface area contributed by atoms with E-state index < -0.39 is 0 Å². The third kappa shape index (κ3) is 3.97. The molecule has 1 aromatic heterocycles. The Morgan fingerprint density at radius 3 is 1.68 bits per heavy atom. The van der Waals surface area contributed by atoms with Crippen LogP contribution in [0.1, 0.15) is 0 Å². The van der Waals surface area contributed by atoms with Gasteiger partial charge in [-0.25, -0.2) is 4.98 Å². The van der Waals surface area contributed by atoms with Crippen molar-refractivity contribution in [3.63, 3.8) is 0 Å². The smallest absolute Gasteiger partial charge is 0.170 e. The highest BCUT2D eigenvalue weighted by Gasteiger charge is 2.24. The molecule has 4 nitrogen and oxygen atoms in total. The van der Waals surface area contributed by atoms with Crippen molar-refractivity contribution in [2.24, 2.45) is 0 Å². The van der Waals surface area contributed by atoms with Gasteiger partial charge in [-0.3, -0.25) is 4.57 Å². The molecule has 0 spiro atoms. The van der Waals surface area contributed by atoms with E-state index in [0.29, 0.717) is 23.0 Å². The van der Waals surface area contributed by atoms with E-state index >= 15 is 0 Å². The molecule has 0 saturated carbocycles. The monoisotopic (exact) mass is 528 g/mol. The van der Waals surface area contributed by atoms with Gasteiger partial charge in [0.15, 0.2) is 23.0 Å². The Balaban J connectivity index is 1.41. The van der Waals surface area contributed by atoms with E-state index in [0.717, 1.165) is 50.4 Å². The molecule has 0 fully saturated rings. The Morgan fingerprint density at radius 2 is 1.00 bits per heavy atom. The van der Waals surface area contributed by atoms with Crippen molar-refractivity contribution >= 4 is 11.0 Å². The Morgan fingerprint density at radius 1 is 0.439 bits per heavy atom. The van der Waals surface area contributed by atoms with Crippen molar-refractivity contribution in [1.82, 2.24) is 9.55 Å². The number of hydrogen-bond donors (Lipinski definition) is 0. The normalized spacial score (nSPS) is 11.8. The first-order chi connectivity index (χ1) is 20.3. The lowest BCUT2D eigenvalue weighted by atomic mass is 9.95. The first-order valence-corrected chi connectivity index (χ1v) is 13.6. The molecule has 1 aliphatic heterocycles. The van der Waals surface area contributed by atoms with Gasteiger partial charge in [-0.2, -0.15) is 0 Å². The molecule has 8 rings (SSSR count). The van der Waals surface area contributed by atoms with Gasteiger partial charge in [0.1, 0.15) is 5.82 Å². The molecule has 2 heterocycles. The largest absolute Gasteiger partial charge is 0.450 e. The summed E-state index contributed by atoms with van der Waals surface area (Å²) in [5.41, 5.74) is 8.50. The van der Waals surface area contributed by atoms with Crippen LogP contribution in [0, 0.1) is 0 Å². The first-order valence-electron chi connectivity index (χ1n) is 13.6. The van der Waals surface area contributed by atoms with Crippen molar-refractivity contribution in [2.45, 2.75) is 0 Å². The van der Waals surface area contributed by atoms with Crippen molar-refractivity contribution < 1.29 is 9.47 Å². The van der Waals surface area contributed by atoms with E-state index in [1.54, 1.807) is 0 Å². The minimum Gasteiger partial charge on any atom is -0.450 e. The summed E-state index contributed by atoms with van der Waals surface area (Å²) in [5.74, 6) is 3.59. The van der Waals surface area contributed by atoms with Crippen molar-refractivity contribution in [3.05, 3.63) is 146 Å². The van der Waals surface area contributed by atoms with Gasteiger partial charge in [0, 0.05) is 16.7 Å². The van der Waals surface area contributed by atoms with E-state index in [1.165, 1.54) is 0 Å². The van der Waals surface area contributed by atoms with Gasteiger partial charge in [-0.1, -0.05) is 103 Å². The molecule has 0 unspecified atom stereocenters. The second-order valence-corrected chi connectivity index (χ2v) is 10.0. The zero-order valence-electron chi connectivity index (χ0n) is 22.1. The minimum atomic E-state index is 0.666. The van der Waals surface area contributed by atoms with Crippen molar-refractivity contribution in [1.29, 1.82) is 0 Å². The van der Waals surface area contributed by atoms with Gasteiger partial charge in [-0.15, -0.1) is 0 Å². The van der Waals surface area contributed by atoms with Gasteiger partial charge in [0.05, 0.1) is 16.7 Å². The Labute approximate surface area is 237 Å². The molecule has 6 aromatic carbocycles. The Kier molecular flexibility index (Phi) is 5.42. The lowest BCUT2D eigenvalue weighted by Crippen LogP contribution is -2.04. The molecule has 0 amide bonds. The highest BCUT2D eigenvalue weighted by molar-refractivity contribution is 5.92. The summed E-state index contributed by atoms with van der Waals surface area (Å²) >= 11 is 0. The summed E-state index contributed by atoms with van der Waals surface area (Å²) < 4.78 is 14.7. The molecule has 4 heteroatoms. The number of rotatable bonds is 4. The fourth-order valence-electron chi connectivity index (χ4n) is 5.60. The molecule has 0 bridgehead atoms. The van der Waals surface area contributed by atoms with Crippen LogP contribution in [0.3, 0.4) is 0 Å². The predicted octanol–water partition coefficient (Wildman–Crippen LogP) is 9.92. The van der Waals surface area contributed by atoms with Crippen LogP contribution >= 0.6 is 0 Å². The van der Waals surface area contributed by atoms with Crippen LogP contribution in [-0.2, 0) is 0 Å². The molecule has 0 aliphatic carbocycles. The molecule has 0 saturated heterocycles. The number of para-hydroxylation sites is 5. The number of nitrogens with zero attached hydrogens (tertiary/aromatic N) is 2. The lowest BCUT2D eigenvalue weighted by Gasteiger charge is -2.22. The van der Waals surface area contributed by atoms with Gasteiger partial charge in [0.25, 0.3) is 0 Å². The average Bonchev–Trinajstić information content (AvgIpc) is 3.43. The number of fused-ring (bicyclic) bond motifs is 3.